The highest BCUT2D eigenvalue weighted by atomic mass is 16.4. The second-order valence-corrected chi connectivity index (χ2v) is 7.87. The number of hydrogen-bond acceptors (Lipinski definition) is 2. The molecule has 0 aliphatic rings. The van der Waals surface area contributed by atoms with E-state index in [1.54, 1.807) is 0 Å². The second kappa shape index (κ2) is 17.0. The topological polar surface area (TPSA) is 57.5 Å². The van der Waals surface area contributed by atoms with E-state index in [-0.39, 0.29) is 12.5 Å². The molecule has 1 rings (SSSR count). The summed E-state index contributed by atoms with van der Waals surface area (Å²) in [5, 5.41) is 18.8. The van der Waals surface area contributed by atoms with Gasteiger partial charge in [-0.05, 0) is 36.8 Å². The minimum Gasteiger partial charge on any atom is -0.481 e. The summed E-state index contributed by atoms with van der Waals surface area (Å²) in [5.41, 5.74) is 2.40. The van der Waals surface area contributed by atoms with Crippen molar-refractivity contribution < 1.29 is 15.0 Å². The number of benzene rings is 1. The first-order valence-electron chi connectivity index (χ1n) is 11.5. The number of carboxylic acids is 1. The van der Waals surface area contributed by atoms with Crippen molar-refractivity contribution >= 4 is 12.0 Å². The van der Waals surface area contributed by atoms with E-state index in [1.165, 1.54) is 50.5 Å². The molecular weight excluding hydrogens is 360 g/mol. The number of aryl methyl sites for hydroxylation is 1. The first-order valence-corrected chi connectivity index (χ1v) is 11.5. The van der Waals surface area contributed by atoms with Gasteiger partial charge in [0.05, 0.1) is 6.10 Å². The monoisotopic (exact) mass is 400 g/mol. The van der Waals surface area contributed by atoms with Gasteiger partial charge in [-0.3, -0.25) is 4.79 Å². The van der Waals surface area contributed by atoms with Crippen molar-refractivity contribution in [3.8, 4) is 0 Å². The van der Waals surface area contributed by atoms with Gasteiger partial charge in [-0.1, -0.05) is 107 Å². The van der Waals surface area contributed by atoms with E-state index in [2.05, 4.69) is 25.1 Å². The van der Waals surface area contributed by atoms with E-state index < -0.39 is 5.97 Å². The van der Waals surface area contributed by atoms with Gasteiger partial charge in [0.25, 0.3) is 0 Å². The predicted molar refractivity (Wildman–Crippen MR) is 123 cm³/mol. The first kappa shape index (κ1) is 25.2. The molecule has 1 aromatic carbocycles. The largest absolute Gasteiger partial charge is 0.481 e. The van der Waals surface area contributed by atoms with E-state index in [0.717, 1.165) is 31.2 Å². The summed E-state index contributed by atoms with van der Waals surface area (Å²) in [6.07, 6.45) is 21.3. The lowest BCUT2D eigenvalue weighted by atomic mass is 10.0. The molecule has 0 saturated carbocycles. The fourth-order valence-corrected chi connectivity index (χ4v) is 3.45. The number of allylic oxidation sites excluding steroid dienone is 2. The van der Waals surface area contributed by atoms with E-state index >= 15 is 0 Å². The maximum atomic E-state index is 10.6. The van der Waals surface area contributed by atoms with E-state index in [9.17, 15) is 9.90 Å². The third kappa shape index (κ3) is 13.9. The van der Waals surface area contributed by atoms with Gasteiger partial charge in [-0.15, -0.1) is 0 Å². The molecule has 0 radical (unpaired) electrons. The minimum atomic E-state index is -0.728. The van der Waals surface area contributed by atoms with Crippen molar-refractivity contribution in [2.75, 3.05) is 0 Å². The fourth-order valence-electron chi connectivity index (χ4n) is 3.45. The number of aliphatic hydroxyl groups is 1. The Labute approximate surface area is 177 Å². The van der Waals surface area contributed by atoms with Gasteiger partial charge in [0.1, 0.15) is 0 Å². The van der Waals surface area contributed by atoms with Crippen LogP contribution in [0.1, 0.15) is 95.1 Å². The third-order valence-corrected chi connectivity index (χ3v) is 5.22. The van der Waals surface area contributed by atoms with Crippen LogP contribution in [0.2, 0.25) is 0 Å². The molecule has 0 aliphatic carbocycles. The summed E-state index contributed by atoms with van der Waals surface area (Å²) in [4.78, 5) is 10.6. The van der Waals surface area contributed by atoms with Crippen molar-refractivity contribution in [3.05, 3.63) is 53.6 Å². The Morgan fingerprint density at radius 1 is 0.931 bits per heavy atom. The summed E-state index contributed by atoms with van der Waals surface area (Å²) in [6, 6.07) is 8.21. The molecule has 0 aliphatic heterocycles. The zero-order chi connectivity index (χ0) is 21.2. The standard InChI is InChI=1S/C26H40O3/c1-2-3-4-5-6-7-8-9-20-25(27)21-14-12-18-23-16-10-11-17-24(23)19-13-15-22-26(28)29/h10-12,14,16-18,21,25,27H,2-9,13,15,19-20,22H2,1H3,(H,28,29)/b18-12+,21-14+/t25-/m0/s1. The highest BCUT2D eigenvalue weighted by Crippen LogP contribution is 2.15. The molecule has 1 aromatic rings. The molecule has 0 unspecified atom stereocenters. The quantitative estimate of drug-likeness (QED) is 0.220. The molecule has 0 amide bonds. The Kier molecular flexibility index (Phi) is 14.8. The number of hydrogen-bond donors (Lipinski definition) is 2. The molecule has 0 fully saturated rings. The SMILES string of the molecule is CCCCCCCCCC[C@H](O)/C=C/C=C/c1ccccc1CCCCC(=O)O. The highest BCUT2D eigenvalue weighted by Gasteiger charge is 2.01. The Morgan fingerprint density at radius 3 is 2.34 bits per heavy atom. The number of aliphatic carboxylic acids is 1. The lowest BCUT2D eigenvalue weighted by Crippen LogP contribution is -2.01. The van der Waals surface area contributed by atoms with E-state index in [0.29, 0.717) is 6.42 Å². The van der Waals surface area contributed by atoms with Gasteiger partial charge < -0.3 is 10.2 Å². The minimum absolute atomic E-state index is 0.234. The zero-order valence-electron chi connectivity index (χ0n) is 18.2. The summed E-state index contributed by atoms with van der Waals surface area (Å²) in [6.45, 7) is 2.24. The second-order valence-electron chi connectivity index (χ2n) is 7.87. The van der Waals surface area contributed by atoms with Gasteiger partial charge in [-0.25, -0.2) is 0 Å². The Balaban J connectivity index is 2.26. The van der Waals surface area contributed by atoms with Crippen molar-refractivity contribution in [1.29, 1.82) is 0 Å². The number of unbranched alkanes of at least 4 members (excludes halogenated alkanes) is 8. The van der Waals surface area contributed by atoms with Gasteiger partial charge in [0.2, 0.25) is 0 Å². The van der Waals surface area contributed by atoms with Gasteiger partial charge in [0.15, 0.2) is 0 Å². The third-order valence-electron chi connectivity index (χ3n) is 5.22. The van der Waals surface area contributed by atoms with Crippen LogP contribution < -0.4 is 0 Å². The molecule has 162 valence electrons. The number of aliphatic hydroxyl groups excluding tert-OH is 1. The molecule has 0 saturated heterocycles. The van der Waals surface area contributed by atoms with Crippen LogP contribution in [0.4, 0.5) is 0 Å². The van der Waals surface area contributed by atoms with Crippen LogP contribution in [0.5, 0.6) is 0 Å². The molecular formula is C26H40O3. The maximum absolute atomic E-state index is 10.6. The molecule has 0 bridgehead atoms. The number of carboxylic acid groups (broad SMARTS) is 1. The molecule has 3 nitrogen and oxygen atoms in total. The average molecular weight is 401 g/mol. The summed E-state index contributed by atoms with van der Waals surface area (Å²) in [5.74, 6) is -0.728. The van der Waals surface area contributed by atoms with Crippen LogP contribution in [-0.2, 0) is 11.2 Å². The van der Waals surface area contributed by atoms with Crippen molar-refractivity contribution in [2.45, 2.75) is 96.5 Å². The molecule has 0 spiro atoms. The smallest absolute Gasteiger partial charge is 0.303 e. The Bertz CT molecular complexity index is 604. The number of carbonyl (C=O) groups is 1. The van der Waals surface area contributed by atoms with E-state index in [1.807, 2.05) is 30.4 Å². The van der Waals surface area contributed by atoms with Gasteiger partial charge in [-0.2, -0.15) is 0 Å². The summed E-state index contributed by atoms with van der Waals surface area (Å²) in [7, 11) is 0. The zero-order valence-corrected chi connectivity index (χ0v) is 18.2. The Hall–Kier alpha value is -1.87. The average Bonchev–Trinajstić information content (AvgIpc) is 2.71. The van der Waals surface area contributed by atoms with Crippen LogP contribution in [-0.4, -0.2) is 22.3 Å². The first-order chi connectivity index (χ1) is 14.1. The normalized spacial score (nSPS) is 12.8. The van der Waals surface area contributed by atoms with Crippen LogP contribution in [0.25, 0.3) is 6.08 Å². The molecule has 3 heteroatoms. The highest BCUT2D eigenvalue weighted by molar-refractivity contribution is 5.66. The van der Waals surface area contributed by atoms with E-state index in [4.69, 9.17) is 5.11 Å². The van der Waals surface area contributed by atoms with Crippen molar-refractivity contribution in [1.82, 2.24) is 0 Å². The van der Waals surface area contributed by atoms with Gasteiger partial charge in [0, 0.05) is 6.42 Å². The maximum Gasteiger partial charge on any atom is 0.303 e. The van der Waals surface area contributed by atoms with Crippen molar-refractivity contribution in [2.24, 2.45) is 0 Å². The summed E-state index contributed by atoms with van der Waals surface area (Å²) >= 11 is 0. The molecule has 29 heavy (non-hydrogen) atoms. The lowest BCUT2D eigenvalue weighted by molar-refractivity contribution is -0.137. The van der Waals surface area contributed by atoms with Crippen LogP contribution in [0.15, 0.2) is 42.5 Å². The van der Waals surface area contributed by atoms with Crippen LogP contribution in [0, 0.1) is 0 Å². The number of rotatable bonds is 17. The lowest BCUT2D eigenvalue weighted by Gasteiger charge is -2.06. The Morgan fingerprint density at radius 2 is 1.62 bits per heavy atom. The molecule has 0 heterocycles. The molecule has 1 atom stereocenters. The van der Waals surface area contributed by atoms with Crippen molar-refractivity contribution in [3.63, 3.8) is 0 Å². The predicted octanol–water partition coefficient (Wildman–Crippen LogP) is 6.95. The fraction of sp³-hybridized carbons (Fsp3) is 0.577. The molecule has 0 aromatic heterocycles. The van der Waals surface area contributed by atoms with Crippen LogP contribution >= 0.6 is 0 Å². The summed E-state index contributed by atoms with van der Waals surface area (Å²) < 4.78 is 0. The van der Waals surface area contributed by atoms with Gasteiger partial charge >= 0.3 is 5.97 Å². The van der Waals surface area contributed by atoms with Crippen LogP contribution in [0.3, 0.4) is 0 Å². The molecule has 2 N–H and O–H groups in total.